The maximum absolute atomic E-state index is 13.0. The van der Waals surface area contributed by atoms with Crippen LogP contribution in [0.4, 0.5) is 17.1 Å². The van der Waals surface area contributed by atoms with Crippen molar-refractivity contribution >= 4 is 52.3 Å². The van der Waals surface area contributed by atoms with Crippen molar-refractivity contribution in [3.63, 3.8) is 0 Å². The maximum Gasteiger partial charge on any atom is 0.255 e. The maximum atomic E-state index is 13.0. The number of nitrogens with zero attached hydrogens (tertiary/aromatic N) is 3. The molecular formula is C30H28ClN5O5. The predicted molar refractivity (Wildman–Crippen MR) is 153 cm³/mol. The summed E-state index contributed by atoms with van der Waals surface area (Å²) in [6.07, 6.45) is 1.27. The van der Waals surface area contributed by atoms with E-state index in [2.05, 4.69) is 20.9 Å². The highest BCUT2D eigenvalue weighted by Crippen LogP contribution is 2.32. The van der Waals surface area contributed by atoms with E-state index in [1.807, 2.05) is 6.92 Å². The molecular weight excluding hydrogens is 546 g/mol. The number of piperidine rings is 1. The topological polar surface area (TPSA) is 130 Å². The van der Waals surface area contributed by atoms with Crippen molar-refractivity contribution in [3.8, 4) is 5.75 Å². The SMILES string of the molecule is CCC(Cl)COc1ccc(/N=N/c2ccc(C(=O)Nc3cccc4c3CN(C3CCC(=O)NC3=O)C4=O)cc2)cc1. The van der Waals surface area contributed by atoms with Crippen molar-refractivity contribution in [1.29, 1.82) is 0 Å². The lowest BCUT2D eigenvalue weighted by atomic mass is 10.0. The number of benzene rings is 3. The molecule has 3 aromatic carbocycles. The summed E-state index contributed by atoms with van der Waals surface area (Å²) in [4.78, 5) is 51.4. The number of halogens is 1. The molecule has 11 heteroatoms. The van der Waals surface area contributed by atoms with Crippen molar-refractivity contribution < 1.29 is 23.9 Å². The molecule has 0 saturated carbocycles. The summed E-state index contributed by atoms with van der Waals surface area (Å²) in [6.45, 7) is 2.60. The van der Waals surface area contributed by atoms with Gasteiger partial charge in [-0.2, -0.15) is 10.2 Å². The van der Waals surface area contributed by atoms with E-state index < -0.39 is 11.9 Å². The van der Waals surface area contributed by atoms with Gasteiger partial charge in [-0.25, -0.2) is 0 Å². The third-order valence-corrected chi connectivity index (χ3v) is 7.39. The molecule has 3 aromatic rings. The Labute approximate surface area is 241 Å². The van der Waals surface area contributed by atoms with E-state index in [1.165, 1.54) is 4.90 Å². The summed E-state index contributed by atoms with van der Waals surface area (Å²) in [5, 5.41) is 13.6. The first-order valence-corrected chi connectivity index (χ1v) is 13.7. The Hall–Kier alpha value is -4.57. The molecule has 2 unspecified atom stereocenters. The van der Waals surface area contributed by atoms with Crippen LogP contribution in [0.1, 0.15) is 52.5 Å². The number of nitrogens with one attached hydrogen (secondary N) is 2. The van der Waals surface area contributed by atoms with Gasteiger partial charge in [-0.05, 0) is 73.5 Å². The van der Waals surface area contributed by atoms with Gasteiger partial charge in [0, 0.05) is 35.3 Å². The van der Waals surface area contributed by atoms with Crippen LogP contribution in [-0.2, 0) is 16.1 Å². The number of hydrogen-bond donors (Lipinski definition) is 2. The van der Waals surface area contributed by atoms with E-state index in [-0.39, 0.29) is 42.5 Å². The fourth-order valence-electron chi connectivity index (χ4n) is 4.61. The Morgan fingerprint density at radius 1 is 1.05 bits per heavy atom. The first-order chi connectivity index (χ1) is 19.8. The van der Waals surface area contributed by atoms with Gasteiger partial charge in [0.15, 0.2) is 0 Å². The molecule has 4 amide bonds. The first kappa shape index (κ1) is 28.0. The Bertz CT molecular complexity index is 1510. The molecule has 0 radical (unpaired) electrons. The zero-order chi connectivity index (χ0) is 28.9. The van der Waals surface area contributed by atoms with Gasteiger partial charge in [0.2, 0.25) is 11.8 Å². The van der Waals surface area contributed by atoms with Crippen LogP contribution in [0.3, 0.4) is 0 Å². The van der Waals surface area contributed by atoms with Gasteiger partial charge < -0.3 is 15.0 Å². The second-order valence-corrected chi connectivity index (χ2v) is 10.4. The number of imide groups is 1. The average molecular weight is 574 g/mol. The molecule has 1 saturated heterocycles. The Balaban J connectivity index is 1.21. The van der Waals surface area contributed by atoms with Crippen molar-refractivity contribution in [3.05, 3.63) is 83.4 Å². The Morgan fingerprint density at radius 3 is 2.39 bits per heavy atom. The fourth-order valence-corrected chi connectivity index (χ4v) is 4.67. The fraction of sp³-hybridized carbons (Fsp3) is 0.267. The van der Waals surface area contributed by atoms with Gasteiger partial charge in [-0.3, -0.25) is 24.5 Å². The second kappa shape index (κ2) is 12.3. The number of hydrogen-bond acceptors (Lipinski definition) is 7. The molecule has 0 aliphatic carbocycles. The number of ether oxygens (including phenoxy) is 1. The molecule has 2 aliphatic heterocycles. The number of carbonyl (C=O) groups is 4. The molecule has 0 aromatic heterocycles. The number of azo groups is 1. The van der Waals surface area contributed by atoms with Crippen LogP contribution in [0.2, 0.25) is 0 Å². The van der Waals surface area contributed by atoms with Crippen LogP contribution in [0.5, 0.6) is 5.75 Å². The molecule has 0 spiro atoms. The third-order valence-electron chi connectivity index (χ3n) is 6.95. The summed E-state index contributed by atoms with van der Waals surface area (Å²) in [5.41, 5.74) is 3.16. The third kappa shape index (κ3) is 6.44. The molecule has 2 heterocycles. The molecule has 2 aliphatic rings. The first-order valence-electron chi connectivity index (χ1n) is 13.3. The molecule has 2 atom stereocenters. The van der Waals surface area contributed by atoms with Gasteiger partial charge in [0.25, 0.3) is 11.8 Å². The molecule has 210 valence electrons. The molecule has 41 heavy (non-hydrogen) atoms. The summed E-state index contributed by atoms with van der Waals surface area (Å²) in [7, 11) is 0. The lowest BCUT2D eigenvalue weighted by Crippen LogP contribution is -2.52. The number of carbonyl (C=O) groups excluding carboxylic acids is 4. The standard InChI is InChI=1S/C30H28ClN5O5/c1-2-19(31)17-41-22-12-10-21(11-13-22)35-34-20-8-6-18(7-9-20)28(38)32-25-5-3-4-23-24(25)16-36(30(23)40)26-14-15-27(37)33-29(26)39/h3-13,19,26H,2,14-17H2,1H3,(H,32,38)(H,33,37,39)/b35-34+. The smallest absolute Gasteiger partial charge is 0.255 e. The summed E-state index contributed by atoms with van der Waals surface area (Å²) >= 11 is 6.08. The highest BCUT2D eigenvalue weighted by Gasteiger charge is 2.40. The zero-order valence-electron chi connectivity index (χ0n) is 22.3. The van der Waals surface area contributed by atoms with Crippen molar-refractivity contribution in [2.75, 3.05) is 11.9 Å². The van der Waals surface area contributed by atoms with E-state index in [0.717, 1.165) is 6.42 Å². The number of amides is 4. The highest BCUT2D eigenvalue weighted by molar-refractivity contribution is 6.20. The average Bonchev–Trinajstić information content (AvgIpc) is 3.32. The minimum absolute atomic E-state index is 0.0348. The van der Waals surface area contributed by atoms with Crippen LogP contribution < -0.4 is 15.4 Å². The number of rotatable bonds is 9. The van der Waals surface area contributed by atoms with Gasteiger partial charge in [0.05, 0.1) is 16.8 Å². The van der Waals surface area contributed by atoms with Gasteiger partial charge in [-0.15, -0.1) is 11.6 Å². The van der Waals surface area contributed by atoms with Crippen molar-refractivity contribution in [2.24, 2.45) is 10.2 Å². The molecule has 2 N–H and O–H groups in total. The lowest BCUT2D eigenvalue weighted by molar-refractivity contribution is -0.136. The van der Waals surface area contributed by atoms with E-state index >= 15 is 0 Å². The van der Waals surface area contributed by atoms with Crippen molar-refractivity contribution in [2.45, 2.75) is 44.1 Å². The van der Waals surface area contributed by atoms with Crippen LogP contribution in [0.15, 0.2) is 77.0 Å². The van der Waals surface area contributed by atoms with E-state index in [1.54, 1.807) is 66.7 Å². The number of anilines is 1. The molecule has 10 nitrogen and oxygen atoms in total. The minimum Gasteiger partial charge on any atom is -0.492 e. The number of fused-ring (bicyclic) bond motifs is 1. The summed E-state index contributed by atoms with van der Waals surface area (Å²) < 4.78 is 5.64. The number of alkyl halides is 1. The minimum atomic E-state index is -0.728. The Morgan fingerprint density at radius 2 is 1.73 bits per heavy atom. The lowest BCUT2D eigenvalue weighted by Gasteiger charge is -2.29. The van der Waals surface area contributed by atoms with E-state index in [0.29, 0.717) is 46.1 Å². The largest absolute Gasteiger partial charge is 0.492 e. The van der Waals surface area contributed by atoms with Gasteiger partial charge in [-0.1, -0.05) is 13.0 Å². The van der Waals surface area contributed by atoms with Crippen LogP contribution >= 0.6 is 11.6 Å². The van der Waals surface area contributed by atoms with Crippen LogP contribution in [-0.4, -0.2) is 46.6 Å². The molecule has 0 bridgehead atoms. The molecule has 5 rings (SSSR count). The molecule has 1 fully saturated rings. The monoisotopic (exact) mass is 573 g/mol. The van der Waals surface area contributed by atoms with Gasteiger partial charge in [0.1, 0.15) is 18.4 Å². The van der Waals surface area contributed by atoms with Crippen LogP contribution in [0.25, 0.3) is 0 Å². The quantitative estimate of drug-likeness (QED) is 0.198. The van der Waals surface area contributed by atoms with E-state index in [9.17, 15) is 19.2 Å². The van der Waals surface area contributed by atoms with Gasteiger partial charge >= 0.3 is 0 Å². The summed E-state index contributed by atoms with van der Waals surface area (Å²) in [5.74, 6) is -0.780. The zero-order valence-corrected chi connectivity index (χ0v) is 23.1. The highest BCUT2D eigenvalue weighted by atomic mass is 35.5. The second-order valence-electron chi connectivity index (χ2n) is 9.74. The normalized spacial score (nSPS) is 17.4. The van der Waals surface area contributed by atoms with Crippen molar-refractivity contribution in [1.82, 2.24) is 10.2 Å². The predicted octanol–water partition coefficient (Wildman–Crippen LogP) is 5.51. The van der Waals surface area contributed by atoms with E-state index in [4.69, 9.17) is 16.3 Å². The summed E-state index contributed by atoms with van der Waals surface area (Å²) in [6, 6.07) is 18.2. The van der Waals surface area contributed by atoms with Crippen LogP contribution in [0, 0.1) is 0 Å². The Kier molecular flexibility index (Phi) is 8.39.